The number of carboxylic acid groups (broad SMARTS) is 3. The van der Waals surface area contributed by atoms with E-state index in [4.69, 9.17) is 9.47 Å². The molecule has 0 bridgehead atoms. The van der Waals surface area contributed by atoms with Crippen LogP contribution in [0.15, 0.2) is 42.5 Å². The summed E-state index contributed by atoms with van der Waals surface area (Å²) in [5.74, 6) is -9.97. The van der Waals surface area contributed by atoms with E-state index >= 15 is 0 Å². The van der Waals surface area contributed by atoms with E-state index in [1.165, 1.54) is 0 Å². The molecule has 3 saturated heterocycles. The van der Waals surface area contributed by atoms with Gasteiger partial charge >= 0.3 is 17.9 Å². The first-order valence-corrected chi connectivity index (χ1v) is 29.8. The lowest BCUT2D eigenvalue weighted by molar-refractivity contribution is -0.140. The van der Waals surface area contributed by atoms with Gasteiger partial charge in [-0.2, -0.15) is 5.26 Å². The van der Waals surface area contributed by atoms with Crippen LogP contribution in [-0.2, 0) is 78.7 Å². The number of nitriles is 1. The van der Waals surface area contributed by atoms with Crippen molar-refractivity contribution in [2.24, 2.45) is 5.92 Å². The Kier molecular flexibility index (Phi) is 27.1. The first-order valence-electron chi connectivity index (χ1n) is 28.7. The van der Waals surface area contributed by atoms with Crippen molar-refractivity contribution in [3.8, 4) is 6.07 Å². The minimum absolute atomic E-state index is 0.0574. The van der Waals surface area contributed by atoms with Crippen molar-refractivity contribution in [1.82, 2.24) is 50.7 Å². The Morgan fingerprint density at radius 2 is 1.36 bits per heavy atom. The van der Waals surface area contributed by atoms with Gasteiger partial charge in [-0.05, 0) is 95.5 Å². The molecule has 4 heterocycles. The summed E-state index contributed by atoms with van der Waals surface area (Å²) in [6.07, 6.45) is 2.00. The van der Waals surface area contributed by atoms with Crippen LogP contribution in [-0.4, -0.2) is 240 Å². The van der Waals surface area contributed by atoms with Crippen LogP contribution in [0.25, 0.3) is 0 Å². The maximum atomic E-state index is 14.0. The van der Waals surface area contributed by atoms with E-state index in [1.807, 2.05) is 42.5 Å². The number of fused-ring (bicyclic) bond motifs is 1. The Bertz CT molecular complexity index is 2660. The van der Waals surface area contributed by atoms with Crippen LogP contribution in [0.2, 0.25) is 0 Å². The fourth-order valence-corrected chi connectivity index (χ4v) is 11.1. The Morgan fingerprint density at radius 3 is 1.98 bits per heavy atom. The van der Waals surface area contributed by atoms with Crippen molar-refractivity contribution < 1.29 is 76.7 Å². The van der Waals surface area contributed by atoms with Crippen molar-refractivity contribution >= 4 is 75.9 Å². The highest BCUT2D eigenvalue weighted by molar-refractivity contribution is 14.1. The van der Waals surface area contributed by atoms with Gasteiger partial charge in [-0.15, -0.1) is 0 Å². The number of carboxylic acids is 3. The summed E-state index contributed by atoms with van der Waals surface area (Å²) in [5.41, 5.74) is 3.79. The lowest BCUT2D eigenvalue weighted by Crippen LogP contribution is -2.52. The second-order valence-corrected chi connectivity index (χ2v) is 23.1. The Hall–Kier alpha value is -6.49. The average molecular weight is 1310 g/mol. The summed E-state index contributed by atoms with van der Waals surface area (Å²) < 4.78 is 40.9. The Labute approximate surface area is 506 Å². The maximum Gasteiger partial charge on any atom is 0.317 e. The summed E-state index contributed by atoms with van der Waals surface area (Å²) in [6, 6.07) is 12.1. The predicted molar refractivity (Wildman–Crippen MR) is 309 cm³/mol. The van der Waals surface area contributed by atoms with E-state index in [0.717, 1.165) is 37.1 Å². The molecule has 6 rings (SSSR count). The van der Waals surface area contributed by atoms with E-state index in [0.29, 0.717) is 38.8 Å². The minimum atomic E-state index is -3.21. The molecule has 0 saturated carbocycles. The number of unbranched alkanes of at least 4 members (excludes halogenated alkanes) is 1. The van der Waals surface area contributed by atoms with Crippen molar-refractivity contribution in [2.45, 2.75) is 102 Å². The summed E-state index contributed by atoms with van der Waals surface area (Å²) >= 11 is 2.24. The lowest BCUT2D eigenvalue weighted by atomic mass is 9.99. The standard InChI is InChI=1S/C57H78F2IN11O14/c58-57(59)29-44(30-61)71(38-57)56(83)47-27-42(54(81)65-47)28-50(74)70-31-40-6-4-7-41(45(40)32-70)37-85-26-25-84-24-15-63-55(82)46(8-1-2-14-62-48(72)9-3-5-39-10-12-43(60)13-11-39)64-49(73)33-66-16-18-67(34-51(75)76)20-22-69(36-53(79)80)23-21-68(19-17-66)35-52(77)78/h4,6-7,10-13,42,44,46-47H,1-3,5,8-9,14-29,31-38H2,(H,62,72)(H,63,82)(H,64,73)(H,65,81)(H,75,76)(H,77,78)(H,79,80)/t42-,44-,46?,47-/m0/s1. The molecular formula is C57H78F2IN11O14. The van der Waals surface area contributed by atoms with Crippen LogP contribution in [0.1, 0.15) is 73.6 Å². The molecule has 6 amide bonds. The number of amides is 6. The quantitative estimate of drug-likeness (QED) is 0.0418. The second kappa shape index (κ2) is 34.0. The fraction of sp³-hybridized carbons (Fsp3) is 0.614. The number of aliphatic carboxylic acids is 3. The molecular weight excluding hydrogens is 1230 g/mol. The average Bonchev–Trinajstić information content (AvgIpc) is 2.32. The molecule has 7 N–H and O–H groups in total. The molecule has 0 aliphatic carbocycles. The molecule has 28 heteroatoms. The third-order valence-electron chi connectivity index (χ3n) is 15.3. The number of nitrogens with one attached hydrogen (secondary N) is 4. The maximum absolute atomic E-state index is 14.0. The molecule has 0 radical (unpaired) electrons. The molecule has 4 aliphatic heterocycles. The van der Waals surface area contributed by atoms with E-state index in [2.05, 4.69) is 43.9 Å². The van der Waals surface area contributed by atoms with Gasteiger partial charge in [-0.1, -0.05) is 30.3 Å². The van der Waals surface area contributed by atoms with Crippen LogP contribution in [0.3, 0.4) is 0 Å². The minimum Gasteiger partial charge on any atom is -0.480 e. The number of hydrogen-bond donors (Lipinski definition) is 7. The topological polar surface area (TPSA) is 324 Å². The zero-order valence-corrected chi connectivity index (χ0v) is 49.8. The van der Waals surface area contributed by atoms with Gasteiger partial charge < -0.3 is 55.9 Å². The second-order valence-electron chi connectivity index (χ2n) is 21.9. The molecule has 25 nitrogen and oxygen atoms in total. The molecule has 3 fully saturated rings. The smallest absolute Gasteiger partial charge is 0.317 e. The highest BCUT2D eigenvalue weighted by atomic mass is 127. The summed E-state index contributed by atoms with van der Waals surface area (Å²) in [7, 11) is 0. The molecule has 0 aromatic heterocycles. The van der Waals surface area contributed by atoms with Crippen LogP contribution >= 0.6 is 22.6 Å². The van der Waals surface area contributed by atoms with Gasteiger partial charge in [0.15, 0.2) is 0 Å². The van der Waals surface area contributed by atoms with E-state index < -0.39 is 84.5 Å². The Morgan fingerprint density at radius 1 is 0.753 bits per heavy atom. The number of benzene rings is 2. The Balaban J connectivity index is 0.959. The molecule has 4 atom stereocenters. The van der Waals surface area contributed by atoms with Crippen molar-refractivity contribution in [1.29, 1.82) is 5.26 Å². The molecule has 4 aliphatic rings. The highest BCUT2D eigenvalue weighted by Gasteiger charge is 2.50. The van der Waals surface area contributed by atoms with Crippen LogP contribution < -0.4 is 21.3 Å². The van der Waals surface area contributed by atoms with Gasteiger partial charge in [0.1, 0.15) is 18.1 Å². The van der Waals surface area contributed by atoms with E-state index in [9.17, 15) is 72.5 Å². The van der Waals surface area contributed by atoms with E-state index in [-0.39, 0.29) is 149 Å². The van der Waals surface area contributed by atoms with Crippen molar-refractivity contribution in [2.75, 3.05) is 118 Å². The monoisotopic (exact) mass is 1310 g/mol. The molecule has 85 heavy (non-hydrogen) atoms. The first-order chi connectivity index (χ1) is 40.6. The number of carbonyl (C=O) groups is 9. The number of hydrogen-bond acceptors (Lipinski definition) is 16. The van der Waals surface area contributed by atoms with Gasteiger partial charge in [-0.25, -0.2) is 8.78 Å². The van der Waals surface area contributed by atoms with Crippen LogP contribution in [0.5, 0.6) is 0 Å². The fourth-order valence-electron chi connectivity index (χ4n) is 10.7. The first kappa shape index (κ1) is 67.6. The number of likely N-dealkylation sites (tertiary alicyclic amines) is 1. The number of ether oxygens (including phenoxy) is 2. The predicted octanol–water partition coefficient (Wildman–Crippen LogP) is 0.707. The van der Waals surface area contributed by atoms with E-state index in [1.54, 1.807) is 30.6 Å². The SMILES string of the molecule is N#C[C@@H]1CC(F)(F)CN1C(=O)[C@@H]1C[C@@H](CC(=O)N2Cc3cccc(COCCOCCNC(=O)C(CCCCNC(=O)CCCc4ccc(I)cc4)NC(=O)CN4CCN(CC(=O)O)CCN(CC(=O)O)CCN(CC(=O)O)CC4)c3C2)C(=O)N1. The number of alkyl halides is 2. The lowest BCUT2D eigenvalue weighted by Gasteiger charge is -2.33. The number of carbonyl (C=O) groups excluding carboxylic acids is 6. The van der Waals surface area contributed by atoms with Gasteiger partial charge in [0.25, 0.3) is 5.92 Å². The van der Waals surface area contributed by atoms with Gasteiger partial charge in [0, 0.05) is 107 Å². The van der Waals surface area contributed by atoms with Gasteiger partial charge in [-0.3, -0.25) is 62.8 Å². The molecule has 1 unspecified atom stereocenters. The summed E-state index contributed by atoms with van der Waals surface area (Å²) in [5, 5.41) is 49.3. The summed E-state index contributed by atoms with van der Waals surface area (Å²) in [6.45, 7) is 1.23. The number of nitrogens with zero attached hydrogens (tertiary/aromatic N) is 7. The third kappa shape index (κ3) is 23.0. The molecule has 2 aromatic rings. The molecule has 2 aromatic carbocycles. The normalized spacial score (nSPS) is 20.1. The molecule has 0 spiro atoms. The summed E-state index contributed by atoms with van der Waals surface area (Å²) in [4.78, 5) is 124. The third-order valence-corrected chi connectivity index (χ3v) is 16.0. The van der Waals surface area contributed by atoms with Crippen LogP contribution in [0, 0.1) is 20.8 Å². The number of halogens is 3. The van der Waals surface area contributed by atoms with Gasteiger partial charge in [0.2, 0.25) is 35.4 Å². The van der Waals surface area contributed by atoms with Crippen LogP contribution in [0.4, 0.5) is 8.78 Å². The number of aryl methyl sites for hydroxylation is 1. The molecule has 466 valence electrons. The zero-order chi connectivity index (χ0) is 61.5. The van der Waals surface area contributed by atoms with Gasteiger partial charge in [0.05, 0.1) is 65.2 Å². The van der Waals surface area contributed by atoms with Crippen molar-refractivity contribution in [3.63, 3.8) is 0 Å². The zero-order valence-electron chi connectivity index (χ0n) is 47.7. The van der Waals surface area contributed by atoms with Crippen molar-refractivity contribution in [3.05, 3.63) is 68.3 Å². The number of rotatable bonds is 30. The largest absolute Gasteiger partial charge is 0.480 e. The highest BCUT2D eigenvalue weighted by Crippen LogP contribution is 2.34.